The molecule has 0 bridgehead atoms. The highest BCUT2D eigenvalue weighted by Crippen LogP contribution is 2.25. The van der Waals surface area contributed by atoms with Crippen LogP contribution in [0.25, 0.3) is 22.3 Å². The van der Waals surface area contributed by atoms with Gasteiger partial charge in [-0.3, -0.25) is 0 Å². The highest BCUT2D eigenvalue weighted by atomic mass is 35.5. The van der Waals surface area contributed by atoms with Crippen molar-refractivity contribution in [3.63, 3.8) is 0 Å². The molecule has 0 atom stereocenters. The molecule has 4 aromatic carbocycles. The first kappa shape index (κ1) is 22.4. The van der Waals surface area contributed by atoms with Crippen molar-refractivity contribution in [2.45, 2.75) is 0 Å². The smallest absolute Gasteiger partial charge is 0.343 e. The molecule has 0 radical (unpaired) electrons. The van der Waals surface area contributed by atoms with Crippen LogP contribution in [0.5, 0.6) is 11.5 Å². The Morgan fingerprint density at radius 2 is 1.54 bits per heavy atom. The number of carbonyl (C=O) groups is 1. The topological polar surface area (TPSA) is 61.0 Å². The average molecular weight is 482 g/mol. The minimum atomic E-state index is -0.449. The van der Waals surface area contributed by atoms with Crippen LogP contribution in [0.2, 0.25) is 5.02 Å². The summed E-state index contributed by atoms with van der Waals surface area (Å²) in [5.74, 6) is 1.34. The van der Waals surface area contributed by atoms with Gasteiger partial charge in [-0.1, -0.05) is 41.9 Å². The summed E-state index contributed by atoms with van der Waals surface area (Å²) in [4.78, 5) is 17.3. The molecule has 5 nitrogen and oxygen atoms in total. The second-order valence-electron chi connectivity index (χ2n) is 7.73. The van der Waals surface area contributed by atoms with Crippen LogP contribution in [-0.2, 0) is 0 Å². The zero-order valence-corrected chi connectivity index (χ0v) is 19.5. The maximum absolute atomic E-state index is 12.4. The van der Waals surface area contributed by atoms with Gasteiger partial charge in [-0.25, -0.2) is 9.79 Å². The molecule has 1 aromatic heterocycles. The fourth-order valence-corrected chi connectivity index (χ4v) is 3.77. The fraction of sp³-hybridized carbons (Fsp3) is 0.0345. The molecule has 0 aliphatic rings. The van der Waals surface area contributed by atoms with Gasteiger partial charge in [0.05, 0.1) is 23.7 Å². The molecule has 1 heterocycles. The number of ether oxygens (including phenoxy) is 2. The number of nitrogens with zero attached hydrogens (tertiary/aromatic N) is 1. The van der Waals surface area contributed by atoms with E-state index in [1.165, 1.54) is 0 Å². The summed E-state index contributed by atoms with van der Waals surface area (Å²) >= 11 is 6.25. The monoisotopic (exact) mass is 481 g/mol. The van der Waals surface area contributed by atoms with Crippen molar-refractivity contribution in [1.29, 1.82) is 0 Å². The second-order valence-corrected chi connectivity index (χ2v) is 8.16. The lowest BCUT2D eigenvalue weighted by Gasteiger charge is -2.07. The van der Waals surface area contributed by atoms with Crippen molar-refractivity contribution in [1.82, 2.24) is 0 Å². The van der Waals surface area contributed by atoms with E-state index in [9.17, 15) is 4.79 Å². The van der Waals surface area contributed by atoms with Gasteiger partial charge in [-0.05, 0) is 66.7 Å². The van der Waals surface area contributed by atoms with Gasteiger partial charge in [-0.15, -0.1) is 0 Å². The molecule has 0 aliphatic heterocycles. The minimum Gasteiger partial charge on any atom is -0.497 e. The van der Waals surface area contributed by atoms with E-state index in [1.54, 1.807) is 61.7 Å². The van der Waals surface area contributed by atoms with Gasteiger partial charge in [0.1, 0.15) is 22.8 Å². The molecule has 0 amide bonds. The Morgan fingerprint density at radius 3 is 2.26 bits per heavy atom. The Balaban J connectivity index is 1.47. The van der Waals surface area contributed by atoms with Crippen molar-refractivity contribution >= 4 is 34.2 Å². The number of halogens is 1. The van der Waals surface area contributed by atoms with E-state index in [0.29, 0.717) is 39.1 Å². The molecule has 0 spiro atoms. The lowest BCUT2D eigenvalue weighted by Crippen LogP contribution is -2.08. The first-order valence-electron chi connectivity index (χ1n) is 10.9. The third kappa shape index (κ3) is 5.10. The van der Waals surface area contributed by atoms with E-state index >= 15 is 0 Å². The van der Waals surface area contributed by atoms with Crippen LogP contribution in [0.3, 0.4) is 0 Å². The highest BCUT2D eigenvalue weighted by Gasteiger charge is 2.10. The predicted octanol–water partition coefficient (Wildman–Crippen LogP) is 7.21. The number of fused-ring (bicyclic) bond motifs is 1. The van der Waals surface area contributed by atoms with Crippen molar-refractivity contribution in [2.24, 2.45) is 4.99 Å². The molecule has 35 heavy (non-hydrogen) atoms. The van der Waals surface area contributed by atoms with Gasteiger partial charge in [0, 0.05) is 22.0 Å². The summed E-state index contributed by atoms with van der Waals surface area (Å²) in [6, 6.07) is 30.9. The molecule has 172 valence electrons. The predicted molar refractivity (Wildman–Crippen MR) is 136 cm³/mol. The van der Waals surface area contributed by atoms with Crippen molar-refractivity contribution in [2.75, 3.05) is 7.11 Å². The number of benzene rings is 4. The van der Waals surface area contributed by atoms with Crippen LogP contribution < -0.4 is 14.8 Å². The Morgan fingerprint density at radius 1 is 0.829 bits per heavy atom. The lowest BCUT2D eigenvalue weighted by atomic mass is 10.1. The minimum absolute atomic E-state index is 0.422. The summed E-state index contributed by atoms with van der Waals surface area (Å²) < 4.78 is 16.7. The van der Waals surface area contributed by atoms with E-state index < -0.39 is 5.97 Å². The Hall–Kier alpha value is -4.35. The highest BCUT2D eigenvalue weighted by molar-refractivity contribution is 6.31. The molecule has 0 N–H and O–H groups in total. The van der Waals surface area contributed by atoms with E-state index in [4.69, 9.17) is 30.5 Å². The largest absolute Gasteiger partial charge is 0.497 e. The Labute approximate surface area is 206 Å². The molecule has 0 saturated heterocycles. The maximum atomic E-state index is 12.4. The van der Waals surface area contributed by atoms with Crippen LogP contribution in [0.15, 0.2) is 113 Å². The summed E-state index contributed by atoms with van der Waals surface area (Å²) in [5.41, 5.74) is 2.76. The standard InChI is InChI=1S/C29H20ClNO4/c1-33-23-12-7-20(8-13-23)29(32)34-24-14-10-22(11-15-24)31-26-18-28(19-5-3-2-4-6-19)35-27-16-9-21(30)17-25(26)27/h2-18H,1H3. The van der Waals surface area contributed by atoms with E-state index in [1.807, 2.05) is 48.5 Å². The quantitative estimate of drug-likeness (QED) is 0.196. The molecule has 5 aromatic rings. The zero-order valence-electron chi connectivity index (χ0n) is 18.8. The molecular formula is C29H20ClNO4. The van der Waals surface area contributed by atoms with Gasteiger partial charge >= 0.3 is 5.97 Å². The molecule has 0 aliphatic carbocycles. The van der Waals surface area contributed by atoms with Crippen molar-refractivity contribution in [3.05, 3.63) is 119 Å². The van der Waals surface area contributed by atoms with Crippen molar-refractivity contribution in [3.8, 4) is 22.8 Å². The van der Waals surface area contributed by atoms with Crippen LogP contribution >= 0.6 is 11.6 Å². The fourth-order valence-electron chi connectivity index (χ4n) is 3.60. The number of esters is 1. The number of hydrogen-bond acceptors (Lipinski definition) is 5. The molecule has 0 fully saturated rings. The van der Waals surface area contributed by atoms with Gasteiger partial charge in [0.25, 0.3) is 0 Å². The number of rotatable bonds is 5. The molecule has 0 unspecified atom stereocenters. The molecule has 6 heteroatoms. The zero-order chi connectivity index (χ0) is 24.2. The van der Waals surface area contributed by atoms with Gasteiger partial charge in [0.15, 0.2) is 0 Å². The van der Waals surface area contributed by atoms with Gasteiger partial charge < -0.3 is 13.9 Å². The Kier molecular flexibility index (Phi) is 6.33. The van der Waals surface area contributed by atoms with E-state index in [2.05, 4.69) is 0 Å². The third-order valence-corrected chi connectivity index (χ3v) is 5.62. The summed E-state index contributed by atoms with van der Waals surface area (Å²) in [7, 11) is 1.57. The van der Waals surface area contributed by atoms with Gasteiger partial charge in [0.2, 0.25) is 0 Å². The SMILES string of the molecule is COc1ccc(C(=O)Oc2ccc(N=c3cc(-c4ccccc4)oc4ccc(Cl)cc34)cc2)cc1. The number of hydrogen-bond donors (Lipinski definition) is 0. The lowest BCUT2D eigenvalue weighted by molar-refractivity contribution is 0.0734. The first-order chi connectivity index (χ1) is 17.1. The van der Waals surface area contributed by atoms with Gasteiger partial charge in [-0.2, -0.15) is 0 Å². The summed E-state index contributed by atoms with van der Waals surface area (Å²) in [6.07, 6.45) is 0. The van der Waals surface area contributed by atoms with Crippen LogP contribution in [0, 0.1) is 0 Å². The molecule has 0 saturated carbocycles. The molecule has 5 rings (SSSR count). The molecular weight excluding hydrogens is 462 g/mol. The van der Waals surface area contributed by atoms with Crippen LogP contribution in [-0.4, -0.2) is 13.1 Å². The average Bonchev–Trinajstić information content (AvgIpc) is 2.90. The second kappa shape index (κ2) is 9.87. The summed E-state index contributed by atoms with van der Waals surface area (Å²) in [5, 5.41) is 2.11. The number of carbonyl (C=O) groups excluding carboxylic acids is 1. The van der Waals surface area contributed by atoms with Crippen LogP contribution in [0.4, 0.5) is 5.69 Å². The maximum Gasteiger partial charge on any atom is 0.343 e. The van der Waals surface area contributed by atoms with E-state index in [0.717, 1.165) is 16.3 Å². The Bertz CT molecular complexity index is 1560. The number of methoxy groups -OCH3 is 1. The van der Waals surface area contributed by atoms with Crippen molar-refractivity contribution < 1.29 is 18.7 Å². The summed E-state index contributed by atoms with van der Waals surface area (Å²) in [6.45, 7) is 0. The van der Waals surface area contributed by atoms with E-state index in [-0.39, 0.29) is 0 Å². The normalized spacial score (nSPS) is 11.4. The van der Waals surface area contributed by atoms with Crippen LogP contribution in [0.1, 0.15) is 10.4 Å². The first-order valence-corrected chi connectivity index (χ1v) is 11.3. The third-order valence-electron chi connectivity index (χ3n) is 5.39.